The second kappa shape index (κ2) is 10.3. The molecule has 3 rings (SSSR count). The standard InChI is InChI=1S/C22H28N6O6/c1-13(2)12-27-18(23)17(20(31)24-22(27)33)26(10-11-34-3)16(29)8-9-28-21(32)15-7-5-4-6-14(15)19(30)25-28/h4-7,13H,8-12,23H2,1-3H3,(H,25,30)(H,24,31,33). The number of hydrogen-bond acceptors (Lipinski definition) is 7. The number of carbonyl (C=O) groups excluding carboxylic acids is 1. The van der Waals surface area contributed by atoms with Gasteiger partial charge < -0.3 is 15.4 Å². The van der Waals surface area contributed by atoms with Gasteiger partial charge >= 0.3 is 5.69 Å². The highest BCUT2D eigenvalue weighted by molar-refractivity contribution is 5.95. The molecule has 0 unspecified atom stereocenters. The van der Waals surface area contributed by atoms with Crippen molar-refractivity contribution in [2.45, 2.75) is 33.4 Å². The van der Waals surface area contributed by atoms with Gasteiger partial charge in [-0.2, -0.15) is 0 Å². The average Bonchev–Trinajstić information content (AvgIpc) is 2.79. The number of nitrogens with zero attached hydrogens (tertiary/aromatic N) is 3. The van der Waals surface area contributed by atoms with E-state index in [1.54, 1.807) is 18.2 Å². The number of anilines is 2. The Kier molecular flexibility index (Phi) is 7.51. The van der Waals surface area contributed by atoms with E-state index in [2.05, 4.69) is 10.1 Å². The second-order valence-corrected chi connectivity index (χ2v) is 8.23. The lowest BCUT2D eigenvalue weighted by Gasteiger charge is -2.25. The molecule has 0 saturated heterocycles. The Morgan fingerprint density at radius 1 is 1.12 bits per heavy atom. The second-order valence-electron chi connectivity index (χ2n) is 8.23. The van der Waals surface area contributed by atoms with Crippen molar-refractivity contribution in [2.24, 2.45) is 5.92 Å². The predicted octanol–water partition coefficient (Wildman–Crippen LogP) is -0.152. The van der Waals surface area contributed by atoms with Crippen LogP contribution in [0.4, 0.5) is 11.5 Å². The molecular weight excluding hydrogens is 444 g/mol. The van der Waals surface area contributed by atoms with E-state index >= 15 is 0 Å². The molecule has 0 bridgehead atoms. The molecule has 0 atom stereocenters. The highest BCUT2D eigenvalue weighted by atomic mass is 16.5. The number of carbonyl (C=O) groups is 1. The molecule has 0 aliphatic rings. The number of ether oxygens (including phenoxy) is 1. The monoisotopic (exact) mass is 472 g/mol. The summed E-state index contributed by atoms with van der Waals surface area (Å²) in [4.78, 5) is 66.5. The van der Waals surface area contributed by atoms with E-state index in [1.165, 1.54) is 17.7 Å². The molecule has 0 spiro atoms. The summed E-state index contributed by atoms with van der Waals surface area (Å²) in [6, 6.07) is 6.37. The van der Waals surface area contributed by atoms with Crippen LogP contribution < -0.4 is 33.0 Å². The molecule has 1 aromatic carbocycles. The summed E-state index contributed by atoms with van der Waals surface area (Å²) in [5, 5.41) is 2.96. The number of benzene rings is 1. The fourth-order valence-corrected chi connectivity index (χ4v) is 3.67. The van der Waals surface area contributed by atoms with Crippen molar-refractivity contribution in [3.63, 3.8) is 0 Å². The molecule has 0 radical (unpaired) electrons. The number of aromatic nitrogens is 4. The van der Waals surface area contributed by atoms with Gasteiger partial charge in [0.15, 0.2) is 5.69 Å². The molecule has 34 heavy (non-hydrogen) atoms. The third-order valence-electron chi connectivity index (χ3n) is 5.28. The molecule has 12 heteroatoms. The topological polar surface area (TPSA) is 165 Å². The first-order valence-corrected chi connectivity index (χ1v) is 10.8. The van der Waals surface area contributed by atoms with Gasteiger partial charge in [0.05, 0.1) is 23.9 Å². The normalized spacial score (nSPS) is 11.3. The van der Waals surface area contributed by atoms with Gasteiger partial charge in [-0.3, -0.25) is 33.8 Å². The number of amides is 1. The number of nitrogens with one attached hydrogen (secondary N) is 2. The lowest BCUT2D eigenvalue weighted by molar-refractivity contribution is -0.119. The lowest BCUT2D eigenvalue weighted by atomic mass is 10.2. The third kappa shape index (κ3) is 5.01. The van der Waals surface area contributed by atoms with Crippen LogP contribution in [0.3, 0.4) is 0 Å². The highest BCUT2D eigenvalue weighted by Crippen LogP contribution is 2.18. The third-order valence-corrected chi connectivity index (χ3v) is 5.28. The number of nitrogens with two attached hydrogens (primary N) is 1. The van der Waals surface area contributed by atoms with Crippen molar-refractivity contribution in [1.82, 2.24) is 19.3 Å². The number of aryl methyl sites for hydroxylation is 1. The minimum atomic E-state index is -0.803. The van der Waals surface area contributed by atoms with Crippen molar-refractivity contribution >= 4 is 28.2 Å². The zero-order valence-corrected chi connectivity index (χ0v) is 19.3. The molecule has 182 valence electrons. The average molecular weight is 473 g/mol. The number of H-pyrrole nitrogens is 2. The molecule has 2 heterocycles. The Labute approximate surface area is 193 Å². The van der Waals surface area contributed by atoms with Crippen LogP contribution in [0, 0.1) is 5.92 Å². The Morgan fingerprint density at radius 3 is 2.44 bits per heavy atom. The van der Waals surface area contributed by atoms with Crippen molar-refractivity contribution in [1.29, 1.82) is 0 Å². The molecular formula is C22H28N6O6. The number of methoxy groups -OCH3 is 1. The van der Waals surface area contributed by atoms with Crippen LogP contribution in [0.15, 0.2) is 43.4 Å². The first-order valence-electron chi connectivity index (χ1n) is 10.8. The van der Waals surface area contributed by atoms with E-state index < -0.39 is 28.3 Å². The molecule has 1 amide bonds. The highest BCUT2D eigenvalue weighted by Gasteiger charge is 2.24. The van der Waals surface area contributed by atoms with Gasteiger partial charge in [-0.15, -0.1) is 0 Å². The maximum atomic E-state index is 13.2. The summed E-state index contributed by atoms with van der Waals surface area (Å²) in [5.41, 5.74) is 3.62. The molecule has 12 nitrogen and oxygen atoms in total. The van der Waals surface area contributed by atoms with Gasteiger partial charge in [-0.05, 0) is 18.1 Å². The lowest BCUT2D eigenvalue weighted by Crippen LogP contribution is -2.43. The molecule has 0 aliphatic carbocycles. The maximum absolute atomic E-state index is 13.2. The van der Waals surface area contributed by atoms with Crippen molar-refractivity contribution in [3.05, 3.63) is 65.8 Å². The number of rotatable bonds is 9. The zero-order chi connectivity index (χ0) is 25.0. The quantitative estimate of drug-likeness (QED) is 0.389. The SMILES string of the molecule is COCCN(C(=O)CCn1[nH]c(=O)c2ccccc2c1=O)c1c(N)n(CC(C)C)c(=O)[nH]c1=O. The Balaban J connectivity index is 1.97. The summed E-state index contributed by atoms with van der Waals surface area (Å²) in [6.07, 6.45) is -0.222. The zero-order valence-electron chi connectivity index (χ0n) is 19.3. The summed E-state index contributed by atoms with van der Waals surface area (Å²) in [7, 11) is 1.44. The summed E-state index contributed by atoms with van der Waals surface area (Å²) in [5.74, 6) is -0.619. The molecule has 0 aliphatic heterocycles. The first-order chi connectivity index (χ1) is 16.1. The summed E-state index contributed by atoms with van der Waals surface area (Å²) < 4.78 is 7.34. The van der Waals surface area contributed by atoms with Crippen LogP contribution in [0.1, 0.15) is 20.3 Å². The fourth-order valence-electron chi connectivity index (χ4n) is 3.67. The van der Waals surface area contributed by atoms with Crippen LogP contribution >= 0.6 is 0 Å². The van der Waals surface area contributed by atoms with Crippen LogP contribution in [0.25, 0.3) is 10.8 Å². The fraction of sp³-hybridized carbons (Fsp3) is 0.409. The van der Waals surface area contributed by atoms with E-state index in [-0.39, 0.29) is 60.9 Å². The van der Waals surface area contributed by atoms with Gasteiger partial charge in [-0.25, -0.2) is 9.48 Å². The number of hydrogen-bond donors (Lipinski definition) is 3. The van der Waals surface area contributed by atoms with Crippen LogP contribution in [0.2, 0.25) is 0 Å². The Morgan fingerprint density at radius 2 is 1.79 bits per heavy atom. The van der Waals surface area contributed by atoms with E-state index in [0.29, 0.717) is 0 Å². The maximum Gasteiger partial charge on any atom is 0.330 e. The molecule has 3 aromatic rings. The van der Waals surface area contributed by atoms with Gasteiger partial charge in [0.1, 0.15) is 5.82 Å². The van der Waals surface area contributed by atoms with Crippen molar-refractivity contribution < 1.29 is 9.53 Å². The summed E-state index contributed by atoms with van der Waals surface area (Å²) in [6.45, 7) is 3.96. The van der Waals surface area contributed by atoms with Crippen molar-refractivity contribution in [2.75, 3.05) is 30.9 Å². The van der Waals surface area contributed by atoms with Crippen LogP contribution in [-0.2, 0) is 22.6 Å². The van der Waals surface area contributed by atoms with Crippen LogP contribution in [0.5, 0.6) is 0 Å². The van der Waals surface area contributed by atoms with E-state index in [4.69, 9.17) is 10.5 Å². The smallest absolute Gasteiger partial charge is 0.330 e. The number of nitrogen functional groups attached to an aromatic ring is 1. The van der Waals surface area contributed by atoms with Gasteiger partial charge in [0.2, 0.25) is 5.91 Å². The van der Waals surface area contributed by atoms with Gasteiger partial charge in [0.25, 0.3) is 16.7 Å². The summed E-state index contributed by atoms with van der Waals surface area (Å²) >= 11 is 0. The van der Waals surface area contributed by atoms with Crippen LogP contribution in [-0.4, -0.2) is 45.5 Å². The minimum Gasteiger partial charge on any atom is -0.383 e. The largest absolute Gasteiger partial charge is 0.383 e. The number of aromatic amines is 2. The first kappa shape index (κ1) is 24.7. The molecule has 4 N–H and O–H groups in total. The van der Waals surface area contributed by atoms with E-state index in [1.807, 2.05) is 13.8 Å². The Hall–Kier alpha value is -3.93. The predicted molar refractivity (Wildman–Crippen MR) is 128 cm³/mol. The van der Waals surface area contributed by atoms with E-state index in [9.17, 15) is 24.0 Å². The van der Waals surface area contributed by atoms with Gasteiger partial charge in [-0.1, -0.05) is 26.0 Å². The Bertz CT molecular complexity index is 1430. The number of fused-ring (bicyclic) bond motifs is 1. The molecule has 2 aromatic heterocycles. The molecule has 0 fully saturated rings. The van der Waals surface area contributed by atoms with Crippen molar-refractivity contribution in [3.8, 4) is 0 Å². The molecule has 0 saturated carbocycles. The minimum absolute atomic E-state index is 0.00830. The van der Waals surface area contributed by atoms with E-state index in [0.717, 1.165) is 9.58 Å². The van der Waals surface area contributed by atoms with Gasteiger partial charge in [0, 0.05) is 26.6 Å².